The van der Waals surface area contributed by atoms with E-state index < -0.39 is 11.8 Å². The second kappa shape index (κ2) is 9.16. The van der Waals surface area contributed by atoms with Crippen LogP contribution in [-0.2, 0) is 9.59 Å². The Kier molecular flexibility index (Phi) is 6.40. The summed E-state index contributed by atoms with van der Waals surface area (Å²) in [7, 11) is 0. The molecule has 3 rings (SSSR count). The lowest BCUT2D eigenvalue weighted by molar-refractivity contribution is -0.144. The van der Waals surface area contributed by atoms with Crippen LogP contribution in [0.1, 0.15) is 0 Å². The zero-order valence-corrected chi connectivity index (χ0v) is 15.0. The van der Waals surface area contributed by atoms with Gasteiger partial charge < -0.3 is 20.1 Å². The number of ether oxygens (including phenoxy) is 1. The van der Waals surface area contributed by atoms with Crippen LogP contribution in [0.4, 0.5) is 5.69 Å². The first-order valence-corrected chi connectivity index (χ1v) is 8.92. The van der Waals surface area contributed by atoms with E-state index in [0.717, 1.165) is 5.75 Å². The van der Waals surface area contributed by atoms with Crippen molar-refractivity contribution >= 4 is 17.5 Å². The van der Waals surface area contributed by atoms with Gasteiger partial charge in [0.1, 0.15) is 11.5 Å². The maximum absolute atomic E-state index is 12.3. The van der Waals surface area contributed by atoms with Crippen LogP contribution < -0.4 is 10.1 Å². The number of nitrogens with zero attached hydrogens (tertiary/aromatic N) is 2. The van der Waals surface area contributed by atoms with E-state index in [2.05, 4.69) is 10.2 Å². The monoisotopic (exact) mass is 369 g/mol. The summed E-state index contributed by atoms with van der Waals surface area (Å²) in [6.45, 7) is 2.96. The number of carbonyl (C=O) groups is 2. The molecule has 0 aromatic heterocycles. The minimum Gasteiger partial charge on any atom is -0.457 e. The number of hydrogen-bond donors (Lipinski definition) is 2. The van der Waals surface area contributed by atoms with Gasteiger partial charge in [-0.1, -0.05) is 18.2 Å². The summed E-state index contributed by atoms with van der Waals surface area (Å²) in [4.78, 5) is 28.1. The fourth-order valence-corrected chi connectivity index (χ4v) is 2.88. The number of para-hydroxylation sites is 1. The van der Waals surface area contributed by atoms with Crippen LogP contribution >= 0.6 is 0 Å². The first kappa shape index (κ1) is 18.9. The van der Waals surface area contributed by atoms with Gasteiger partial charge in [0.15, 0.2) is 0 Å². The Bertz CT molecular complexity index is 757. The largest absolute Gasteiger partial charge is 0.457 e. The minimum absolute atomic E-state index is 0.0956. The number of benzene rings is 2. The number of aliphatic hydroxyl groups excluding tert-OH is 1. The highest BCUT2D eigenvalue weighted by atomic mass is 16.5. The normalized spacial score (nSPS) is 14.6. The van der Waals surface area contributed by atoms with Gasteiger partial charge in [-0.15, -0.1) is 0 Å². The second-order valence-corrected chi connectivity index (χ2v) is 6.25. The number of β-amino-alcohol motifs (C(OH)–C–C–N with tert-alkyl or cyclic N) is 1. The number of piperazine rings is 1. The zero-order valence-electron chi connectivity index (χ0n) is 15.0. The van der Waals surface area contributed by atoms with Crippen molar-refractivity contribution < 1.29 is 19.4 Å². The molecule has 0 atom stereocenters. The van der Waals surface area contributed by atoms with Gasteiger partial charge in [0.2, 0.25) is 0 Å². The van der Waals surface area contributed by atoms with Gasteiger partial charge in [0, 0.05) is 38.4 Å². The van der Waals surface area contributed by atoms with Gasteiger partial charge in [0.05, 0.1) is 6.61 Å². The molecule has 1 aliphatic rings. The van der Waals surface area contributed by atoms with E-state index in [4.69, 9.17) is 9.84 Å². The quantitative estimate of drug-likeness (QED) is 0.782. The third-order valence-electron chi connectivity index (χ3n) is 4.36. The number of amides is 2. The minimum atomic E-state index is -0.651. The van der Waals surface area contributed by atoms with Crippen molar-refractivity contribution in [1.29, 1.82) is 0 Å². The van der Waals surface area contributed by atoms with Crippen LogP contribution in [0.25, 0.3) is 0 Å². The average molecular weight is 369 g/mol. The van der Waals surface area contributed by atoms with E-state index in [-0.39, 0.29) is 6.61 Å². The summed E-state index contributed by atoms with van der Waals surface area (Å²) >= 11 is 0. The van der Waals surface area contributed by atoms with Crippen LogP contribution in [0.15, 0.2) is 54.6 Å². The Hall–Kier alpha value is -2.90. The SMILES string of the molecule is O=C(Nc1ccc(Oc2ccccc2)cc1)C(=O)N1CCN(CCO)CC1. The molecule has 2 N–H and O–H groups in total. The molecule has 142 valence electrons. The van der Waals surface area contributed by atoms with Crippen LogP contribution in [0.3, 0.4) is 0 Å². The Morgan fingerprint density at radius 1 is 0.926 bits per heavy atom. The molecule has 0 bridgehead atoms. The number of rotatable bonds is 5. The molecule has 0 aliphatic carbocycles. The summed E-state index contributed by atoms with van der Waals surface area (Å²) in [5.41, 5.74) is 0.535. The molecule has 0 unspecified atom stereocenters. The number of carbonyl (C=O) groups excluding carboxylic acids is 2. The molecule has 0 saturated carbocycles. The third-order valence-corrected chi connectivity index (χ3v) is 4.36. The Balaban J connectivity index is 1.51. The van der Waals surface area contributed by atoms with Gasteiger partial charge in [-0.2, -0.15) is 0 Å². The van der Waals surface area contributed by atoms with Crippen LogP contribution in [-0.4, -0.2) is 66.1 Å². The van der Waals surface area contributed by atoms with Crippen molar-refractivity contribution in [3.05, 3.63) is 54.6 Å². The predicted molar refractivity (Wildman–Crippen MR) is 102 cm³/mol. The summed E-state index contributed by atoms with van der Waals surface area (Å²) in [5, 5.41) is 11.6. The maximum Gasteiger partial charge on any atom is 0.313 e. The molecule has 2 amide bonds. The molecule has 1 aliphatic heterocycles. The number of aliphatic hydroxyl groups is 1. The number of hydrogen-bond acceptors (Lipinski definition) is 5. The maximum atomic E-state index is 12.3. The molecule has 0 radical (unpaired) electrons. The Morgan fingerprint density at radius 3 is 2.19 bits per heavy atom. The Morgan fingerprint density at radius 2 is 1.56 bits per heavy atom. The zero-order chi connectivity index (χ0) is 19.1. The number of nitrogens with one attached hydrogen (secondary N) is 1. The number of anilines is 1. The standard InChI is InChI=1S/C20H23N3O4/c24-15-14-22-10-12-23(13-11-22)20(26)19(25)21-16-6-8-18(9-7-16)27-17-4-2-1-3-5-17/h1-9,24H,10-15H2,(H,21,25). The third kappa shape index (κ3) is 5.29. The lowest BCUT2D eigenvalue weighted by Crippen LogP contribution is -2.52. The first-order chi connectivity index (χ1) is 13.2. The fraction of sp³-hybridized carbons (Fsp3) is 0.300. The molecule has 2 aromatic rings. The smallest absolute Gasteiger partial charge is 0.313 e. The molecule has 1 heterocycles. The van der Waals surface area contributed by atoms with E-state index in [9.17, 15) is 9.59 Å². The highest BCUT2D eigenvalue weighted by Gasteiger charge is 2.25. The van der Waals surface area contributed by atoms with Crippen molar-refractivity contribution in [1.82, 2.24) is 9.80 Å². The molecule has 2 aromatic carbocycles. The van der Waals surface area contributed by atoms with Gasteiger partial charge in [-0.25, -0.2) is 0 Å². The highest BCUT2D eigenvalue weighted by molar-refractivity contribution is 6.39. The van der Waals surface area contributed by atoms with Crippen LogP contribution in [0.5, 0.6) is 11.5 Å². The van der Waals surface area contributed by atoms with E-state index in [1.54, 1.807) is 24.3 Å². The highest BCUT2D eigenvalue weighted by Crippen LogP contribution is 2.22. The average Bonchev–Trinajstić information content (AvgIpc) is 2.70. The van der Waals surface area contributed by atoms with Gasteiger partial charge >= 0.3 is 11.8 Å². The molecule has 0 spiro atoms. The van der Waals surface area contributed by atoms with Crippen LogP contribution in [0, 0.1) is 0 Å². The van der Waals surface area contributed by atoms with Gasteiger partial charge in [0.25, 0.3) is 0 Å². The van der Waals surface area contributed by atoms with Gasteiger partial charge in [-0.05, 0) is 36.4 Å². The molecule has 7 nitrogen and oxygen atoms in total. The van der Waals surface area contributed by atoms with Crippen LogP contribution in [0.2, 0.25) is 0 Å². The van der Waals surface area contributed by atoms with E-state index >= 15 is 0 Å². The van der Waals surface area contributed by atoms with Crippen molar-refractivity contribution in [3.8, 4) is 11.5 Å². The summed E-state index contributed by atoms with van der Waals surface area (Å²) < 4.78 is 5.70. The van der Waals surface area contributed by atoms with E-state index in [1.165, 1.54) is 4.90 Å². The molecule has 27 heavy (non-hydrogen) atoms. The topological polar surface area (TPSA) is 82.1 Å². The van der Waals surface area contributed by atoms with E-state index in [1.807, 2.05) is 30.3 Å². The summed E-state index contributed by atoms with van der Waals surface area (Å²) in [5.74, 6) is 0.181. The second-order valence-electron chi connectivity index (χ2n) is 6.25. The van der Waals surface area contributed by atoms with Crippen molar-refractivity contribution in [2.75, 3.05) is 44.6 Å². The predicted octanol–water partition coefficient (Wildman–Crippen LogP) is 1.55. The summed E-state index contributed by atoms with van der Waals surface area (Å²) in [6.07, 6.45) is 0. The van der Waals surface area contributed by atoms with Crippen molar-refractivity contribution in [2.45, 2.75) is 0 Å². The van der Waals surface area contributed by atoms with E-state index in [0.29, 0.717) is 44.2 Å². The Labute approximate surface area is 158 Å². The fourth-order valence-electron chi connectivity index (χ4n) is 2.88. The molecule has 1 saturated heterocycles. The van der Waals surface area contributed by atoms with Gasteiger partial charge in [-0.3, -0.25) is 14.5 Å². The lowest BCUT2D eigenvalue weighted by atomic mass is 10.2. The van der Waals surface area contributed by atoms with Crippen molar-refractivity contribution in [2.24, 2.45) is 0 Å². The first-order valence-electron chi connectivity index (χ1n) is 8.92. The molecular weight excluding hydrogens is 346 g/mol. The molecule has 1 fully saturated rings. The molecule has 7 heteroatoms. The van der Waals surface area contributed by atoms with Crippen molar-refractivity contribution in [3.63, 3.8) is 0 Å². The molecular formula is C20H23N3O4. The summed E-state index contributed by atoms with van der Waals surface area (Å²) in [6, 6.07) is 16.3. The lowest BCUT2D eigenvalue weighted by Gasteiger charge is -2.33.